The molecule has 0 saturated carbocycles. The molecule has 1 aliphatic carbocycles. The topological polar surface area (TPSA) is 50.2 Å². The van der Waals surface area contributed by atoms with Crippen LogP contribution < -0.4 is 5.32 Å². The number of hydrogen-bond donors (Lipinski definition) is 1. The number of alkyl halides is 3. The van der Waals surface area contributed by atoms with Crippen molar-refractivity contribution in [2.24, 2.45) is 0 Å². The number of aromatic nitrogens is 2. The molecule has 1 amide bonds. The minimum absolute atomic E-state index is 0.156. The smallest absolute Gasteiger partial charge is 0.335 e. The third-order valence-corrected chi connectivity index (χ3v) is 5.36. The predicted molar refractivity (Wildman–Crippen MR) is 94.4 cm³/mol. The van der Waals surface area contributed by atoms with Crippen LogP contribution in [0.25, 0.3) is 5.69 Å². The van der Waals surface area contributed by atoms with E-state index in [0.717, 1.165) is 29.8 Å². The van der Waals surface area contributed by atoms with E-state index in [-0.39, 0.29) is 16.6 Å². The molecule has 2 heterocycles. The number of piperazine rings is 1. The molecule has 144 valence electrons. The van der Waals surface area contributed by atoms with Gasteiger partial charge in [0.25, 0.3) is 5.91 Å². The Kier molecular flexibility index (Phi) is 4.63. The Balaban J connectivity index is 1.78. The highest BCUT2D eigenvalue weighted by Crippen LogP contribution is 2.35. The number of halogens is 4. The van der Waals surface area contributed by atoms with Crippen LogP contribution in [0.5, 0.6) is 0 Å². The zero-order valence-corrected chi connectivity index (χ0v) is 15.2. The Labute approximate surface area is 159 Å². The molecule has 4 rings (SSSR count). The molecule has 0 spiro atoms. The standard InChI is InChI=1S/C18H18ClF3N4O/c19-13-5-4-11(18(20,21)22)10-15(13)26-14-3-1-2-12(14)16(24-26)17(27)25-8-6-23-7-9-25/h4-5,10,23H,1-3,6-9H2. The minimum Gasteiger partial charge on any atom is -0.335 e. The quantitative estimate of drug-likeness (QED) is 0.845. The molecule has 9 heteroatoms. The van der Waals surface area contributed by atoms with Crippen LogP contribution in [-0.2, 0) is 19.0 Å². The van der Waals surface area contributed by atoms with E-state index in [1.54, 1.807) is 4.90 Å². The summed E-state index contributed by atoms with van der Waals surface area (Å²) in [4.78, 5) is 14.7. The van der Waals surface area contributed by atoms with E-state index in [2.05, 4.69) is 10.4 Å². The van der Waals surface area contributed by atoms with Crippen LogP contribution in [0.3, 0.4) is 0 Å². The maximum Gasteiger partial charge on any atom is 0.416 e. The number of nitrogens with zero attached hydrogens (tertiary/aromatic N) is 3. The van der Waals surface area contributed by atoms with Crippen molar-refractivity contribution in [1.82, 2.24) is 20.0 Å². The van der Waals surface area contributed by atoms with Crippen molar-refractivity contribution in [3.05, 3.63) is 45.7 Å². The SMILES string of the molecule is O=C(c1nn(-c2cc(C(F)(F)F)ccc2Cl)c2c1CCC2)N1CCNCC1. The monoisotopic (exact) mass is 398 g/mol. The second-order valence-electron chi connectivity index (χ2n) is 6.75. The van der Waals surface area contributed by atoms with Crippen LogP contribution in [0.2, 0.25) is 5.02 Å². The van der Waals surface area contributed by atoms with E-state index in [9.17, 15) is 18.0 Å². The number of nitrogens with one attached hydrogen (secondary N) is 1. The fourth-order valence-corrected chi connectivity index (χ4v) is 3.88. The van der Waals surface area contributed by atoms with Crippen LogP contribution in [0.1, 0.15) is 33.7 Å². The molecule has 1 saturated heterocycles. The lowest BCUT2D eigenvalue weighted by atomic mass is 10.1. The van der Waals surface area contributed by atoms with Crippen LogP contribution in [0.15, 0.2) is 18.2 Å². The van der Waals surface area contributed by atoms with Gasteiger partial charge in [-0.1, -0.05) is 11.6 Å². The lowest BCUT2D eigenvalue weighted by Gasteiger charge is -2.26. The highest BCUT2D eigenvalue weighted by molar-refractivity contribution is 6.32. The number of benzene rings is 1. The number of carbonyl (C=O) groups is 1. The first kappa shape index (κ1) is 18.3. The first-order valence-electron chi connectivity index (χ1n) is 8.84. The van der Waals surface area contributed by atoms with Crippen molar-refractivity contribution < 1.29 is 18.0 Å². The molecule has 1 fully saturated rings. The molecular formula is C18H18ClF3N4O. The third kappa shape index (κ3) is 3.32. The average molecular weight is 399 g/mol. The van der Waals surface area contributed by atoms with Gasteiger partial charge in [-0.2, -0.15) is 18.3 Å². The highest BCUT2D eigenvalue weighted by Gasteiger charge is 2.33. The molecular weight excluding hydrogens is 381 g/mol. The zero-order valence-electron chi connectivity index (χ0n) is 14.4. The lowest BCUT2D eigenvalue weighted by molar-refractivity contribution is -0.137. The molecule has 0 bridgehead atoms. The molecule has 5 nitrogen and oxygen atoms in total. The average Bonchev–Trinajstić information content (AvgIpc) is 3.24. The summed E-state index contributed by atoms with van der Waals surface area (Å²) in [5.74, 6) is -0.170. The highest BCUT2D eigenvalue weighted by atomic mass is 35.5. The van der Waals surface area contributed by atoms with Gasteiger partial charge < -0.3 is 10.2 Å². The fourth-order valence-electron chi connectivity index (χ4n) is 3.68. The van der Waals surface area contributed by atoms with E-state index in [1.165, 1.54) is 10.7 Å². The van der Waals surface area contributed by atoms with Crippen molar-refractivity contribution in [2.45, 2.75) is 25.4 Å². The summed E-state index contributed by atoms with van der Waals surface area (Å²) in [7, 11) is 0. The molecule has 0 atom stereocenters. The first-order chi connectivity index (χ1) is 12.9. The second kappa shape index (κ2) is 6.83. The summed E-state index contributed by atoms with van der Waals surface area (Å²) in [5, 5.41) is 7.77. The number of amides is 1. The summed E-state index contributed by atoms with van der Waals surface area (Å²) < 4.78 is 40.8. The summed E-state index contributed by atoms with van der Waals surface area (Å²) in [6.07, 6.45) is -2.29. The van der Waals surface area contributed by atoms with E-state index >= 15 is 0 Å². The van der Waals surface area contributed by atoms with E-state index in [1.807, 2.05) is 0 Å². The van der Waals surface area contributed by atoms with Crippen LogP contribution in [0.4, 0.5) is 13.2 Å². The molecule has 1 N–H and O–H groups in total. The van der Waals surface area contributed by atoms with Crippen molar-refractivity contribution >= 4 is 17.5 Å². The predicted octanol–water partition coefficient (Wildman–Crippen LogP) is 3.08. The maximum atomic E-state index is 13.1. The van der Waals surface area contributed by atoms with Gasteiger partial charge in [0.2, 0.25) is 0 Å². The Morgan fingerprint density at radius 3 is 2.63 bits per heavy atom. The van der Waals surface area contributed by atoms with Gasteiger partial charge in [0.15, 0.2) is 5.69 Å². The van der Waals surface area contributed by atoms with Gasteiger partial charge >= 0.3 is 6.18 Å². The molecule has 2 aromatic rings. The van der Waals surface area contributed by atoms with Crippen LogP contribution >= 0.6 is 11.6 Å². The first-order valence-corrected chi connectivity index (χ1v) is 9.22. The van der Waals surface area contributed by atoms with Gasteiger partial charge in [-0.25, -0.2) is 4.68 Å². The lowest BCUT2D eigenvalue weighted by Crippen LogP contribution is -2.46. The molecule has 1 aromatic carbocycles. The molecule has 27 heavy (non-hydrogen) atoms. The molecule has 0 unspecified atom stereocenters. The molecule has 1 aromatic heterocycles. The molecule has 0 radical (unpaired) electrons. The van der Waals surface area contributed by atoms with Crippen molar-refractivity contribution in [3.8, 4) is 5.69 Å². The summed E-state index contributed by atoms with van der Waals surface area (Å²) >= 11 is 6.19. The van der Waals surface area contributed by atoms with Crippen LogP contribution in [0, 0.1) is 0 Å². The van der Waals surface area contributed by atoms with Gasteiger partial charge in [0.1, 0.15) is 0 Å². The molecule has 2 aliphatic rings. The Morgan fingerprint density at radius 1 is 1.19 bits per heavy atom. The second-order valence-corrected chi connectivity index (χ2v) is 7.15. The molecule has 1 aliphatic heterocycles. The van der Waals surface area contributed by atoms with Gasteiger partial charge in [-0.3, -0.25) is 4.79 Å². The number of rotatable bonds is 2. The van der Waals surface area contributed by atoms with E-state index < -0.39 is 11.7 Å². The van der Waals surface area contributed by atoms with Gasteiger partial charge in [-0.15, -0.1) is 0 Å². The third-order valence-electron chi connectivity index (χ3n) is 5.04. The van der Waals surface area contributed by atoms with Crippen molar-refractivity contribution in [3.63, 3.8) is 0 Å². The normalized spacial score (nSPS) is 17.3. The van der Waals surface area contributed by atoms with Crippen molar-refractivity contribution in [1.29, 1.82) is 0 Å². The number of fused-ring (bicyclic) bond motifs is 1. The van der Waals surface area contributed by atoms with Gasteiger partial charge in [0.05, 0.1) is 16.3 Å². The Morgan fingerprint density at radius 2 is 1.93 bits per heavy atom. The van der Waals surface area contributed by atoms with E-state index in [4.69, 9.17) is 11.6 Å². The number of carbonyl (C=O) groups excluding carboxylic acids is 1. The Hall–Kier alpha value is -2.06. The summed E-state index contributed by atoms with van der Waals surface area (Å²) in [5.41, 5.74) is 1.29. The number of hydrogen-bond acceptors (Lipinski definition) is 3. The van der Waals surface area contributed by atoms with Crippen molar-refractivity contribution in [2.75, 3.05) is 26.2 Å². The maximum absolute atomic E-state index is 13.1. The van der Waals surface area contributed by atoms with E-state index in [0.29, 0.717) is 44.7 Å². The zero-order chi connectivity index (χ0) is 19.2. The van der Waals surface area contributed by atoms with Crippen LogP contribution in [-0.4, -0.2) is 46.8 Å². The fraction of sp³-hybridized carbons (Fsp3) is 0.444. The van der Waals surface area contributed by atoms with Gasteiger partial charge in [-0.05, 0) is 37.5 Å². The largest absolute Gasteiger partial charge is 0.416 e. The van der Waals surface area contributed by atoms with Gasteiger partial charge in [0, 0.05) is 37.4 Å². The summed E-state index contributed by atoms with van der Waals surface area (Å²) in [6.45, 7) is 2.61. The Bertz CT molecular complexity index is 887. The minimum atomic E-state index is -4.48. The summed E-state index contributed by atoms with van der Waals surface area (Å²) in [6, 6.07) is 3.16.